The number of aromatic nitrogens is 3. The monoisotopic (exact) mass is 452 g/mol. The lowest BCUT2D eigenvalue weighted by molar-refractivity contribution is -0.384. The number of carbonyl (C=O) groups is 1. The van der Waals surface area contributed by atoms with Crippen LogP contribution in [0.2, 0.25) is 10.0 Å². The Balaban J connectivity index is 1.70. The smallest absolute Gasteiger partial charge is 0.269 e. The van der Waals surface area contributed by atoms with Gasteiger partial charge in [0.15, 0.2) is 5.82 Å². The van der Waals surface area contributed by atoms with Crippen molar-refractivity contribution in [3.05, 3.63) is 62.6 Å². The summed E-state index contributed by atoms with van der Waals surface area (Å²) in [5.74, 6) is 6.08. The zero-order valence-electron chi connectivity index (χ0n) is 14.9. The van der Waals surface area contributed by atoms with E-state index in [1.54, 1.807) is 25.1 Å². The fraction of sp³-hybridized carbons (Fsp3) is 0.118. The van der Waals surface area contributed by atoms with E-state index >= 15 is 0 Å². The number of non-ortho nitro benzene ring substituents is 1. The summed E-state index contributed by atoms with van der Waals surface area (Å²) < 4.78 is 1.25. The Hall–Kier alpha value is -2.82. The maximum absolute atomic E-state index is 12.4. The molecular weight excluding hydrogens is 439 g/mol. The molecule has 1 heterocycles. The molecule has 0 bridgehead atoms. The third-order valence-corrected chi connectivity index (χ3v) is 5.44. The SMILES string of the molecule is CC(Sc1nnc(-c2ccc(Cl)cc2Cl)n1N)C(=O)Nc1ccc([N+](=O)[O-])cc1. The molecule has 9 nitrogen and oxygen atoms in total. The van der Waals surface area contributed by atoms with Gasteiger partial charge in [0.25, 0.3) is 5.69 Å². The molecule has 3 rings (SSSR count). The minimum Gasteiger partial charge on any atom is -0.335 e. The van der Waals surface area contributed by atoms with Crippen LogP contribution in [0, 0.1) is 10.1 Å². The summed E-state index contributed by atoms with van der Waals surface area (Å²) in [6, 6.07) is 10.4. The van der Waals surface area contributed by atoms with E-state index in [4.69, 9.17) is 29.0 Å². The number of halogens is 2. The molecule has 0 spiro atoms. The molecule has 1 atom stereocenters. The number of anilines is 1. The number of nitrogens with one attached hydrogen (secondary N) is 1. The van der Waals surface area contributed by atoms with Crippen molar-refractivity contribution in [2.24, 2.45) is 0 Å². The highest BCUT2D eigenvalue weighted by molar-refractivity contribution is 8.00. The molecule has 0 fully saturated rings. The summed E-state index contributed by atoms with van der Waals surface area (Å²) in [5, 5.41) is 22.0. The van der Waals surface area contributed by atoms with Gasteiger partial charge in [0, 0.05) is 28.4 Å². The molecule has 3 aromatic rings. The van der Waals surface area contributed by atoms with Gasteiger partial charge in [-0.2, -0.15) is 0 Å². The van der Waals surface area contributed by atoms with Crippen LogP contribution in [0.25, 0.3) is 11.4 Å². The maximum Gasteiger partial charge on any atom is 0.269 e. The average molecular weight is 453 g/mol. The Kier molecular flexibility index (Phi) is 6.26. The number of amides is 1. The van der Waals surface area contributed by atoms with Gasteiger partial charge < -0.3 is 11.2 Å². The van der Waals surface area contributed by atoms with E-state index in [1.807, 2.05) is 0 Å². The van der Waals surface area contributed by atoms with E-state index in [1.165, 1.54) is 28.9 Å². The molecule has 1 aromatic heterocycles. The molecule has 0 aliphatic heterocycles. The third-order valence-electron chi connectivity index (χ3n) is 3.83. The number of hydrogen-bond acceptors (Lipinski definition) is 7. The number of hydrogen-bond donors (Lipinski definition) is 2. The van der Waals surface area contributed by atoms with Gasteiger partial charge in [-0.25, -0.2) is 4.68 Å². The number of rotatable bonds is 6. The van der Waals surface area contributed by atoms with Crippen molar-refractivity contribution < 1.29 is 9.72 Å². The standard InChI is InChI=1S/C17H14Cl2N6O3S/c1-9(16(26)21-11-3-5-12(6-4-11)25(27)28)29-17-23-22-15(24(17)20)13-7-2-10(18)8-14(13)19/h2-9H,20H2,1H3,(H,21,26). The van der Waals surface area contributed by atoms with E-state index in [0.717, 1.165) is 11.8 Å². The van der Waals surface area contributed by atoms with Crippen LogP contribution in [0.15, 0.2) is 47.6 Å². The minimum absolute atomic E-state index is 0.0601. The van der Waals surface area contributed by atoms with Gasteiger partial charge in [0.2, 0.25) is 11.1 Å². The fourth-order valence-corrected chi connectivity index (χ4v) is 3.60. The minimum atomic E-state index is -0.565. The first-order valence-electron chi connectivity index (χ1n) is 8.14. The molecule has 29 heavy (non-hydrogen) atoms. The van der Waals surface area contributed by atoms with Crippen molar-refractivity contribution in [2.45, 2.75) is 17.3 Å². The topological polar surface area (TPSA) is 129 Å². The van der Waals surface area contributed by atoms with Gasteiger partial charge in [-0.1, -0.05) is 35.0 Å². The van der Waals surface area contributed by atoms with Crippen molar-refractivity contribution in [3.8, 4) is 11.4 Å². The first-order chi connectivity index (χ1) is 13.8. The number of nitrogens with two attached hydrogens (primary N) is 1. The van der Waals surface area contributed by atoms with E-state index in [9.17, 15) is 14.9 Å². The molecule has 150 valence electrons. The van der Waals surface area contributed by atoms with E-state index in [-0.39, 0.29) is 11.6 Å². The van der Waals surface area contributed by atoms with Crippen molar-refractivity contribution in [1.29, 1.82) is 0 Å². The molecule has 12 heteroatoms. The van der Waals surface area contributed by atoms with Crippen LogP contribution in [-0.4, -0.2) is 31.0 Å². The van der Waals surface area contributed by atoms with E-state index in [0.29, 0.717) is 32.3 Å². The van der Waals surface area contributed by atoms with Crippen LogP contribution in [0.1, 0.15) is 6.92 Å². The maximum atomic E-state index is 12.4. The van der Waals surface area contributed by atoms with Crippen LogP contribution in [-0.2, 0) is 4.79 Å². The number of carbonyl (C=O) groups excluding carboxylic acids is 1. The number of benzene rings is 2. The quantitative estimate of drug-likeness (QED) is 0.250. The lowest BCUT2D eigenvalue weighted by atomic mass is 10.2. The number of nitro groups is 1. The highest BCUT2D eigenvalue weighted by atomic mass is 35.5. The van der Waals surface area contributed by atoms with Crippen LogP contribution >= 0.6 is 35.0 Å². The summed E-state index contributed by atoms with van der Waals surface area (Å²) in [7, 11) is 0. The number of nitrogen functional groups attached to an aromatic ring is 1. The van der Waals surface area contributed by atoms with E-state index in [2.05, 4.69) is 15.5 Å². The van der Waals surface area contributed by atoms with Crippen molar-refractivity contribution in [1.82, 2.24) is 14.9 Å². The molecule has 0 saturated heterocycles. The number of nitro benzene ring substituents is 1. The zero-order chi connectivity index (χ0) is 21.1. The molecular formula is C17H14Cl2N6O3S. The Bertz CT molecular complexity index is 1070. The molecule has 3 N–H and O–H groups in total. The van der Waals surface area contributed by atoms with Gasteiger partial charge >= 0.3 is 0 Å². The van der Waals surface area contributed by atoms with Gasteiger partial charge in [0.1, 0.15) is 0 Å². The second kappa shape index (κ2) is 8.68. The van der Waals surface area contributed by atoms with Gasteiger partial charge in [-0.3, -0.25) is 14.9 Å². The van der Waals surface area contributed by atoms with Gasteiger partial charge in [-0.15, -0.1) is 10.2 Å². The summed E-state index contributed by atoms with van der Waals surface area (Å²) in [5.41, 5.74) is 0.937. The van der Waals surface area contributed by atoms with Gasteiger partial charge in [0.05, 0.1) is 15.2 Å². The molecule has 2 aromatic carbocycles. The fourth-order valence-electron chi connectivity index (χ4n) is 2.33. The van der Waals surface area contributed by atoms with Gasteiger partial charge in [-0.05, 0) is 37.3 Å². The Labute approximate surface area is 179 Å². The van der Waals surface area contributed by atoms with E-state index < -0.39 is 10.2 Å². The first-order valence-corrected chi connectivity index (χ1v) is 9.77. The van der Waals surface area contributed by atoms with Crippen LogP contribution in [0.3, 0.4) is 0 Å². The summed E-state index contributed by atoms with van der Waals surface area (Å²) in [4.78, 5) is 22.6. The zero-order valence-corrected chi connectivity index (χ0v) is 17.2. The van der Waals surface area contributed by atoms with Crippen molar-refractivity contribution >= 4 is 52.2 Å². The highest BCUT2D eigenvalue weighted by Gasteiger charge is 2.21. The largest absolute Gasteiger partial charge is 0.335 e. The average Bonchev–Trinajstić information content (AvgIpc) is 3.02. The summed E-state index contributed by atoms with van der Waals surface area (Å²) in [6.45, 7) is 1.68. The summed E-state index contributed by atoms with van der Waals surface area (Å²) >= 11 is 13.2. The third kappa shape index (κ3) is 4.78. The van der Waals surface area contributed by atoms with Crippen LogP contribution in [0.4, 0.5) is 11.4 Å². The first kappa shape index (κ1) is 20.9. The molecule has 0 radical (unpaired) electrons. The van der Waals surface area contributed by atoms with Crippen molar-refractivity contribution in [3.63, 3.8) is 0 Å². The predicted molar refractivity (Wildman–Crippen MR) is 113 cm³/mol. The molecule has 1 unspecified atom stereocenters. The molecule has 0 saturated carbocycles. The normalized spacial score (nSPS) is 11.8. The van der Waals surface area contributed by atoms with Crippen molar-refractivity contribution in [2.75, 3.05) is 11.2 Å². The number of thioether (sulfide) groups is 1. The second-order valence-electron chi connectivity index (χ2n) is 5.85. The lowest BCUT2D eigenvalue weighted by Crippen LogP contribution is -2.23. The second-order valence-corrected chi connectivity index (χ2v) is 8.01. The van der Waals surface area contributed by atoms with Crippen LogP contribution in [0.5, 0.6) is 0 Å². The Morgan fingerprint density at radius 3 is 2.55 bits per heavy atom. The predicted octanol–water partition coefficient (Wildman–Crippen LogP) is 3.99. The van der Waals surface area contributed by atoms with Crippen LogP contribution < -0.4 is 11.2 Å². The Morgan fingerprint density at radius 1 is 1.24 bits per heavy atom. The number of nitrogens with zero attached hydrogens (tertiary/aromatic N) is 4. The molecule has 0 aliphatic carbocycles. The highest BCUT2D eigenvalue weighted by Crippen LogP contribution is 2.31. The Morgan fingerprint density at radius 2 is 1.93 bits per heavy atom. The lowest BCUT2D eigenvalue weighted by Gasteiger charge is -2.11. The molecule has 1 amide bonds. The summed E-state index contributed by atoms with van der Waals surface area (Å²) in [6.07, 6.45) is 0. The molecule has 0 aliphatic rings.